The number of nitrogens with zero attached hydrogens (tertiary/aromatic N) is 1. The van der Waals surface area contributed by atoms with E-state index in [1.54, 1.807) is 12.1 Å². The smallest absolute Gasteiger partial charge is 0.293 e. The normalized spacial score (nSPS) is 11.1. The molecule has 186 valence electrons. The van der Waals surface area contributed by atoms with Crippen molar-refractivity contribution >= 4 is 50.3 Å². The van der Waals surface area contributed by atoms with Crippen molar-refractivity contribution in [3.8, 4) is 22.8 Å². The van der Waals surface area contributed by atoms with Crippen LogP contribution in [0.4, 0.5) is 0 Å². The number of nitrogens with one attached hydrogen (secondary N) is 2. The van der Waals surface area contributed by atoms with Crippen molar-refractivity contribution in [1.82, 2.24) is 15.6 Å². The first-order chi connectivity index (χ1) is 17.9. The molecule has 5 aromatic rings. The molecular weight excluding hydrogens is 550 g/mol. The fraction of sp³-hybridized carbons (Fsp3) is 0.138. The molecule has 0 aliphatic carbocycles. The number of amides is 1. The van der Waals surface area contributed by atoms with Gasteiger partial charge in [0.25, 0.3) is 5.91 Å². The Labute approximate surface area is 228 Å². The first-order valence-electron chi connectivity index (χ1n) is 11.8. The summed E-state index contributed by atoms with van der Waals surface area (Å²) in [5.41, 5.74) is 5.62. The molecule has 2 heterocycles. The summed E-state index contributed by atoms with van der Waals surface area (Å²) < 4.78 is 12.6. The molecule has 5 rings (SSSR count). The van der Waals surface area contributed by atoms with Crippen LogP contribution in [0.2, 0.25) is 0 Å². The van der Waals surface area contributed by atoms with Crippen molar-refractivity contribution in [2.75, 3.05) is 0 Å². The Morgan fingerprint density at radius 1 is 0.946 bits per heavy atom. The lowest BCUT2D eigenvalue weighted by Gasteiger charge is -2.09. The van der Waals surface area contributed by atoms with Crippen molar-refractivity contribution in [3.63, 3.8) is 0 Å². The zero-order chi connectivity index (χ0) is 25.9. The summed E-state index contributed by atoms with van der Waals surface area (Å²) >= 11 is 8.71. The minimum atomic E-state index is -0.409. The summed E-state index contributed by atoms with van der Waals surface area (Å²) in [6, 6.07) is 25.0. The summed E-state index contributed by atoms with van der Waals surface area (Å²) in [7, 11) is 0. The van der Waals surface area contributed by atoms with Crippen LogP contribution in [0.3, 0.4) is 0 Å². The van der Waals surface area contributed by atoms with Crippen LogP contribution in [0.5, 0.6) is 0 Å². The van der Waals surface area contributed by atoms with Crippen LogP contribution in [-0.2, 0) is 6.54 Å². The Hall–Kier alpha value is -3.75. The Morgan fingerprint density at radius 2 is 1.68 bits per heavy atom. The quantitative estimate of drug-likeness (QED) is 0.205. The van der Waals surface area contributed by atoms with Gasteiger partial charge < -0.3 is 14.2 Å². The lowest BCUT2D eigenvalue weighted by molar-refractivity contribution is 0.0950. The fourth-order valence-electron chi connectivity index (χ4n) is 3.81. The molecule has 8 heteroatoms. The van der Waals surface area contributed by atoms with Gasteiger partial charge in [-0.3, -0.25) is 10.1 Å². The van der Waals surface area contributed by atoms with Crippen LogP contribution in [0.25, 0.3) is 33.9 Å². The first-order valence-corrected chi connectivity index (χ1v) is 13.0. The van der Waals surface area contributed by atoms with Crippen molar-refractivity contribution < 1.29 is 13.6 Å². The number of thiocarbonyl (C=S) groups is 1. The Bertz CT molecular complexity index is 1570. The number of carbonyl (C=O) groups is 1. The van der Waals surface area contributed by atoms with E-state index in [9.17, 15) is 4.79 Å². The standard InChI is InChI=1S/C29H24BrN3O3S/c1-17(2)21-9-12-25-23(15-21)32-28(36-25)20-5-3-18(4-6-20)16-31-29(37)33-27(34)26-14-13-24(35-26)19-7-10-22(30)11-8-19/h3-15,17H,16H2,1-2H3,(H2,31,33,34,37). The van der Waals surface area contributed by atoms with Gasteiger partial charge in [0, 0.05) is 22.1 Å². The number of carbonyl (C=O) groups excluding carboxylic acids is 1. The van der Waals surface area contributed by atoms with E-state index >= 15 is 0 Å². The maximum Gasteiger partial charge on any atom is 0.293 e. The summed E-state index contributed by atoms with van der Waals surface area (Å²) in [5, 5.41) is 5.93. The van der Waals surface area contributed by atoms with E-state index in [4.69, 9.17) is 21.1 Å². The van der Waals surface area contributed by atoms with Gasteiger partial charge in [-0.25, -0.2) is 4.98 Å². The SMILES string of the molecule is CC(C)c1ccc2oc(-c3ccc(CNC(=S)NC(=O)c4ccc(-c5ccc(Br)cc5)o4)cc3)nc2c1. The number of aromatic nitrogens is 1. The molecule has 0 unspecified atom stereocenters. The fourth-order valence-corrected chi connectivity index (χ4v) is 4.24. The van der Waals surface area contributed by atoms with Gasteiger partial charge in [0.05, 0.1) is 0 Å². The van der Waals surface area contributed by atoms with E-state index in [1.165, 1.54) is 5.56 Å². The monoisotopic (exact) mass is 573 g/mol. The molecule has 0 saturated heterocycles. The lowest BCUT2D eigenvalue weighted by Crippen LogP contribution is -2.38. The second-order valence-electron chi connectivity index (χ2n) is 8.91. The lowest BCUT2D eigenvalue weighted by atomic mass is 10.0. The molecule has 6 nitrogen and oxygen atoms in total. The highest BCUT2D eigenvalue weighted by molar-refractivity contribution is 9.10. The molecule has 0 saturated carbocycles. The molecule has 1 amide bonds. The van der Waals surface area contributed by atoms with Gasteiger partial charge in [0.15, 0.2) is 16.5 Å². The Morgan fingerprint density at radius 3 is 2.41 bits per heavy atom. The third-order valence-electron chi connectivity index (χ3n) is 5.92. The number of hydrogen-bond acceptors (Lipinski definition) is 5. The third-order valence-corrected chi connectivity index (χ3v) is 6.69. The van der Waals surface area contributed by atoms with E-state index in [1.807, 2.05) is 54.6 Å². The number of fused-ring (bicyclic) bond motifs is 1. The van der Waals surface area contributed by atoms with E-state index in [-0.39, 0.29) is 10.9 Å². The van der Waals surface area contributed by atoms with Crippen LogP contribution >= 0.6 is 28.1 Å². The number of rotatable bonds is 6. The van der Waals surface area contributed by atoms with E-state index in [0.29, 0.717) is 24.1 Å². The van der Waals surface area contributed by atoms with Gasteiger partial charge in [0.1, 0.15) is 11.3 Å². The molecule has 0 radical (unpaired) electrons. The van der Waals surface area contributed by atoms with Gasteiger partial charge in [0.2, 0.25) is 5.89 Å². The first kappa shape index (κ1) is 24.9. The van der Waals surface area contributed by atoms with Crippen LogP contribution in [0.15, 0.2) is 92.2 Å². The van der Waals surface area contributed by atoms with E-state index in [2.05, 4.69) is 57.5 Å². The number of oxazole rings is 1. The molecule has 37 heavy (non-hydrogen) atoms. The summed E-state index contributed by atoms with van der Waals surface area (Å²) in [4.78, 5) is 17.2. The van der Waals surface area contributed by atoms with Gasteiger partial charge in [-0.05, 0) is 77.8 Å². The molecule has 0 atom stereocenters. The average Bonchev–Trinajstić information content (AvgIpc) is 3.55. The highest BCUT2D eigenvalue weighted by Gasteiger charge is 2.14. The maximum atomic E-state index is 12.5. The van der Waals surface area contributed by atoms with Crippen molar-refractivity contribution in [1.29, 1.82) is 0 Å². The third kappa shape index (κ3) is 5.81. The zero-order valence-electron chi connectivity index (χ0n) is 20.2. The van der Waals surface area contributed by atoms with Gasteiger partial charge in [-0.15, -0.1) is 0 Å². The molecule has 0 aliphatic heterocycles. The topological polar surface area (TPSA) is 80.3 Å². The predicted octanol–water partition coefficient (Wildman–Crippen LogP) is 7.45. The van der Waals surface area contributed by atoms with Gasteiger partial charge in [-0.2, -0.15) is 0 Å². The molecule has 0 fully saturated rings. The Kier molecular flexibility index (Phi) is 7.21. The van der Waals surface area contributed by atoms with Crippen LogP contribution in [0.1, 0.15) is 41.4 Å². The van der Waals surface area contributed by atoms with Crippen molar-refractivity contribution in [2.24, 2.45) is 0 Å². The zero-order valence-corrected chi connectivity index (χ0v) is 22.7. The molecule has 0 bridgehead atoms. The highest BCUT2D eigenvalue weighted by Crippen LogP contribution is 2.27. The second kappa shape index (κ2) is 10.7. The number of hydrogen-bond donors (Lipinski definition) is 2. The predicted molar refractivity (Wildman–Crippen MR) is 152 cm³/mol. The van der Waals surface area contributed by atoms with Crippen LogP contribution in [0, 0.1) is 0 Å². The molecule has 0 aliphatic rings. The van der Waals surface area contributed by atoms with Crippen LogP contribution in [-0.4, -0.2) is 16.0 Å². The molecule has 0 spiro atoms. The summed E-state index contributed by atoms with van der Waals surface area (Å²) in [6.07, 6.45) is 0. The minimum absolute atomic E-state index is 0.185. The highest BCUT2D eigenvalue weighted by atomic mass is 79.9. The van der Waals surface area contributed by atoms with Crippen LogP contribution < -0.4 is 10.6 Å². The minimum Gasteiger partial charge on any atom is -0.451 e. The largest absolute Gasteiger partial charge is 0.451 e. The summed E-state index contributed by atoms with van der Waals surface area (Å²) in [6.45, 7) is 4.77. The maximum absolute atomic E-state index is 12.5. The van der Waals surface area contributed by atoms with E-state index < -0.39 is 5.91 Å². The number of benzene rings is 3. The van der Waals surface area contributed by atoms with Gasteiger partial charge in [-0.1, -0.05) is 60.1 Å². The number of halogens is 1. The van der Waals surface area contributed by atoms with E-state index in [0.717, 1.165) is 32.3 Å². The molecule has 2 N–H and O–H groups in total. The molecule has 3 aromatic carbocycles. The average molecular weight is 575 g/mol. The molecular formula is C29H24BrN3O3S. The number of furan rings is 1. The molecule has 2 aromatic heterocycles. The Balaban J connectivity index is 1.17. The second-order valence-corrected chi connectivity index (χ2v) is 10.2. The summed E-state index contributed by atoms with van der Waals surface area (Å²) in [5.74, 6) is 1.40. The van der Waals surface area contributed by atoms with Crippen molar-refractivity contribution in [3.05, 3.63) is 100 Å². The van der Waals surface area contributed by atoms with Crippen molar-refractivity contribution in [2.45, 2.75) is 26.3 Å². The van der Waals surface area contributed by atoms with Gasteiger partial charge >= 0.3 is 0 Å².